The van der Waals surface area contributed by atoms with E-state index in [1.54, 1.807) is 37.6 Å². The van der Waals surface area contributed by atoms with E-state index in [0.29, 0.717) is 17.0 Å². The number of pyridine rings is 1. The first-order valence-corrected chi connectivity index (χ1v) is 8.31. The molecule has 0 aliphatic heterocycles. The van der Waals surface area contributed by atoms with Crippen molar-refractivity contribution in [2.24, 2.45) is 0 Å². The van der Waals surface area contributed by atoms with Gasteiger partial charge in [-0.2, -0.15) is 0 Å². The second kappa shape index (κ2) is 7.70. The van der Waals surface area contributed by atoms with Crippen LogP contribution in [0, 0.1) is 13.8 Å². The third-order valence-corrected chi connectivity index (χ3v) is 4.24. The number of benzene rings is 2. The number of nitrogens with zero attached hydrogens (tertiary/aromatic N) is 1. The third kappa shape index (κ3) is 4.00. The lowest BCUT2D eigenvalue weighted by Gasteiger charge is -2.11. The molecule has 2 N–H and O–H groups in total. The summed E-state index contributed by atoms with van der Waals surface area (Å²) >= 11 is 0. The molecule has 0 aliphatic rings. The number of hydrogen-bond donors (Lipinski definition) is 2. The summed E-state index contributed by atoms with van der Waals surface area (Å²) in [5, 5.41) is 6.14. The Labute approximate surface area is 153 Å². The van der Waals surface area contributed by atoms with E-state index >= 15 is 0 Å². The molecule has 0 radical (unpaired) electrons. The first kappa shape index (κ1) is 17.5. The summed E-state index contributed by atoms with van der Waals surface area (Å²) in [5.74, 6) is 1.25. The molecule has 0 bridgehead atoms. The van der Waals surface area contributed by atoms with Crippen molar-refractivity contribution >= 4 is 23.1 Å². The van der Waals surface area contributed by atoms with Gasteiger partial charge in [0.25, 0.3) is 5.91 Å². The number of nitrogens with one attached hydrogen (secondary N) is 2. The van der Waals surface area contributed by atoms with Gasteiger partial charge in [-0.05, 0) is 67.4 Å². The van der Waals surface area contributed by atoms with E-state index in [2.05, 4.69) is 35.5 Å². The molecule has 0 spiro atoms. The van der Waals surface area contributed by atoms with Crippen molar-refractivity contribution in [2.45, 2.75) is 13.8 Å². The summed E-state index contributed by atoms with van der Waals surface area (Å²) < 4.78 is 5.10. The van der Waals surface area contributed by atoms with Crippen LogP contribution in [0.25, 0.3) is 0 Å². The lowest BCUT2D eigenvalue weighted by atomic mass is 10.1. The van der Waals surface area contributed by atoms with Gasteiger partial charge in [-0.1, -0.05) is 12.1 Å². The van der Waals surface area contributed by atoms with Crippen LogP contribution in [0.3, 0.4) is 0 Å². The molecule has 0 saturated carbocycles. The van der Waals surface area contributed by atoms with Gasteiger partial charge in [0.1, 0.15) is 11.6 Å². The lowest BCUT2D eigenvalue weighted by Crippen LogP contribution is -2.12. The lowest BCUT2D eigenvalue weighted by molar-refractivity contribution is 0.102. The average Bonchev–Trinajstić information content (AvgIpc) is 2.67. The zero-order valence-electron chi connectivity index (χ0n) is 15.0. The molecule has 0 saturated heterocycles. The molecule has 132 valence electrons. The van der Waals surface area contributed by atoms with Gasteiger partial charge in [0.15, 0.2) is 0 Å². The summed E-state index contributed by atoms with van der Waals surface area (Å²) in [5.41, 5.74) is 4.62. The van der Waals surface area contributed by atoms with E-state index in [9.17, 15) is 4.79 Å². The predicted octanol–water partition coefficient (Wildman–Crippen LogP) is 4.70. The van der Waals surface area contributed by atoms with Crippen molar-refractivity contribution in [3.63, 3.8) is 0 Å². The van der Waals surface area contributed by atoms with Gasteiger partial charge in [0.2, 0.25) is 0 Å². The number of carbonyl (C=O) groups is 1. The van der Waals surface area contributed by atoms with E-state index in [4.69, 9.17) is 4.74 Å². The number of carbonyl (C=O) groups excluding carboxylic acids is 1. The minimum Gasteiger partial charge on any atom is -0.497 e. The van der Waals surface area contributed by atoms with Crippen molar-refractivity contribution in [3.05, 3.63) is 77.5 Å². The van der Waals surface area contributed by atoms with Gasteiger partial charge in [0, 0.05) is 11.3 Å². The molecule has 5 nitrogen and oxygen atoms in total. The van der Waals surface area contributed by atoms with Gasteiger partial charge >= 0.3 is 0 Å². The van der Waals surface area contributed by atoms with E-state index in [1.807, 2.05) is 24.3 Å². The Balaban J connectivity index is 1.67. The van der Waals surface area contributed by atoms with Crippen LogP contribution in [0.15, 0.2) is 60.8 Å². The third-order valence-electron chi connectivity index (χ3n) is 4.24. The van der Waals surface area contributed by atoms with Gasteiger partial charge in [0.05, 0.1) is 19.0 Å². The number of aromatic nitrogens is 1. The fourth-order valence-corrected chi connectivity index (χ4v) is 2.51. The molecule has 5 heteroatoms. The fourth-order valence-electron chi connectivity index (χ4n) is 2.51. The second-order valence-electron chi connectivity index (χ2n) is 5.99. The molecule has 1 heterocycles. The van der Waals surface area contributed by atoms with Crippen LogP contribution >= 0.6 is 0 Å². The number of methoxy groups -OCH3 is 1. The van der Waals surface area contributed by atoms with Crippen LogP contribution in [-0.4, -0.2) is 18.0 Å². The van der Waals surface area contributed by atoms with Crippen LogP contribution < -0.4 is 15.4 Å². The molecule has 1 amide bonds. The van der Waals surface area contributed by atoms with Crippen LogP contribution in [0.5, 0.6) is 5.75 Å². The van der Waals surface area contributed by atoms with Crippen LogP contribution in [0.4, 0.5) is 17.2 Å². The summed E-state index contributed by atoms with van der Waals surface area (Å²) in [6.07, 6.45) is 1.63. The molecule has 3 aromatic rings. The Bertz CT molecular complexity index is 904. The number of amides is 1. The highest BCUT2D eigenvalue weighted by molar-refractivity contribution is 6.04. The van der Waals surface area contributed by atoms with Crippen molar-refractivity contribution in [1.82, 2.24) is 4.98 Å². The Kier molecular flexibility index (Phi) is 5.17. The Hall–Kier alpha value is -3.34. The first-order chi connectivity index (χ1) is 12.6. The maximum absolute atomic E-state index is 12.3. The Morgan fingerprint density at radius 3 is 2.42 bits per heavy atom. The number of aryl methyl sites for hydroxylation is 1. The predicted molar refractivity (Wildman–Crippen MR) is 104 cm³/mol. The Morgan fingerprint density at radius 1 is 1.00 bits per heavy atom. The summed E-state index contributed by atoms with van der Waals surface area (Å²) in [6.45, 7) is 4.15. The number of anilines is 3. The molecule has 0 fully saturated rings. The van der Waals surface area contributed by atoms with Gasteiger partial charge in [-0.3, -0.25) is 4.79 Å². The summed E-state index contributed by atoms with van der Waals surface area (Å²) in [6, 6.07) is 16.7. The van der Waals surface area contributed by atoms with Crippen molar-refractivity contribution in [2.75, 3.05) is 17.7 Å². The maximum atomic E-state index is 12.3. The first-order valence-electron chi connectivity index (χ1n) is 8.31. The minimum absolute atomic E-state index is 0.190. The van der Waals surface area contributed by atoms with E-state index in [1.165, 1.54) is 11.1 Å². The molecule has 3 rings (SSSR count). The average molecular weight is 347 g/mol. The summed E-state index contributed by atoms with van der Waals surface area (Å²) in [4.78, 5) is 16.6. The number of ether oxygens (including phenoxy) is 1. The zero-order chi connectivity index (χ0) is 18.5. The van der Waals surface area contributed by atoms with Crippen LogP contribution in [0.1, 0.15) is 21.5 Å². The SMILES string of the molecule is COc1ccc(C(=O)Nc2ccc(Nc3cccc(C)c3C)nc2)cc1. The molecule has 0 unspecified atom stereocenters. The van der Waals surface area contributed by atoms with E-state index in [0.717, 1.165) is 11.5 Å². The van der Waals surface area contributed by atoms with E-state index in [-0.39, 0.29) is 5.91 Å². The van der Waals surface area contributed by atoms with E-state index < -0.39 is 0 Å². The van der Waals surface area contributed by atoms with Crippen LogP contribution in [-0.2, 0) is 0 Å². The van der Waals surface area contributed by atoms with Gasteiger partial charge < -0.3 is 15.4 Å². The molecular formula is C21H21N3O2. The molecular weight excluding hydrogens is 326 g/mol. The zero-order valence-corrected chi connectivity index (χ0v) is 15.0. The van der Waals surface area contributed by atoms with Crippen molar-refractivity contribution in [3.8, 4) is 5.75 Å². The Morgan fingerprint density at radius 2 is 1.77 bits per heavy atom. The monoisotopic (exact) mass is 347 g/mol. The van der Waals surface area contributed by atoms with Gasteiger partial charge in [-0.25, -0.2) is 4.98 Å². The van der Waals surface area contributed by atoms with Crippen LogP contribution in [0.2, 0.25) is 0 Å². The molecule has 1 aromatic heterocycles. The number of hydrogen-bond acceptors (Lipinski definition) is 4. The maximum Gasteiger partial charge on any atom is 0.255 e. The molecule has 0 aliphatic carbocycles. The minimum atomic E-state index is -0.190. The molecule has 0 atom stereocenters. The molecule has 26 heavy (non-hydrogen) atoms. The van der Waals surface area contributed by atoms with Gasteiger partial charge in [-0.15, -0.1) is 0 Å². The van der Waals surface area contributed by atoms with Crippen molar-refractivity contribution in [1.29, 1.82) is 0 Å². The largest absolute Gasteiger partial charge is 0.497 e. The molecule has 2 aromatic carbocycles. The fraction of sp³-hybridized carbons (Fsp3) is 0.143. The standard InChI is InChI=1S/C21H21N3O2/c1-14-5-4-6-19(15(14)2)24-20-12-9-17(13-22-20)23-21(25)16-7-10-18(26-3)11-8-16/h4-13H,1-3H3,(H,22,24)(H,23,25). The topological polar surface area (TPSA) is 63.2 Å². The highest BCUT2D eigenvalue weighted by Gasteiger charge is 2.07. The number of rotatable bonds is 5. The quantitative estimate of drug-likeness (QED) is 0.702. The normalized spacial score (nSPS) is 10.3. The summed E-state index contributed by atoms with van der Waals surface area (Å²) in [7, 11) is 1.59. The van der Waals surface area contributed by atoms with Crippen molar-refractivity contribution < 1.29 is 9.53 Å². The highest BCUT2D eigenvalue weighted by atomic mass is 16.5. The second-order valence-corrected chi connectivity index (χ2v) is 5.99. The smallest absolute Gasteiger partial charge is 0.255 e. The highest BCUT2D eigenvalue weighted by Crippen LogP contribution is 2.22.